The number of rotatable bonds is 3. The number of nitrogens with zero attached hydrogens (tertiary/aromatic N) is 4. The fourth-order valence-electron chi connectivity index (χ4n) is 2.89. The first-order valence-electron chi connectivity index (χ1n) is 7.70. The van der Waals surface area contributed by atoms with Gasteiger partial charge < -0.3 is 9.32 Å². The summed E-state index contributed by atoms with van der Waals surface area (Å²) in [7, 11) is 0. The van der Waals surface area contributed by atoms with E-state index in [-0.39, 0.29) is 11.8 Å². The van der Waals surface area contributed by atoms with Crippen molar-refractivity contribution in [3.8, 4) is 0 Å². The van der Waals surface area contributed by atoms with Gasteiger partial charge in [0.25, 0.3) is 5.91 Å². The van der Waals surface area contributed by atoms with Crippen molar-refractivity contribution in [2.24, 2.45) is 0 Å². The first-order valence-corrected chi connectivity index (χ1v) is 7.70. The standard InChI is InChI=1S/C16H20N4O2/c1-3-14-19-11(2)15(22-14)16(21)20-8-4-5-12(9-20)13-6-7-17-10-18-13/h6-7,10,12H,3-5,8-9H2,1-2H3/t12-/m1/s1. The van der Waals surface area contributed by atoms with Crippen LogP contribution >= 0.6 is 0 Å². The molecule has 0 bridgehead atoms. The van der Waals surface area contributed by atoms with Crippen LogP contribution in [0.5, 0.6) is 0 Å². The van der Waals surface area contributed by atoms with Crippen molar-refractivity contribution in [2.75, 3.05) is 13.1 Å². The Morgan fingerprint density at radius 2 is 2.36 bits per heavy atom. The van der Waals surface area contributed by atoms with E-state index in [1.54, 1.807) is 12.5 Å². The van der Waals surface area contributed by atoms with E-state index < -0.39 is 0 Å². The normalized spacial score (nSPS) is 18.5. The molecule has 1 aliphatic heterocycles. The number of carbonyl (C=O) groups excluding carboxylic acids is 1. The van der Waals surface area contributed by atoms with Crippen LogP contribution in [0.15, 0.2) is 23.0 Å². The Morgan fingerprint density at radius 1 is 1.50 bits per heavy atom. The summed E-state index contributed by atoms with van der Waals surface area (Å²) in [6.07, 6.45) is 6.00. The van der Waals surface area contributed by atoms with Gasteiger partial charge in [-0.1, -0.05) is 6.92 Å². The molecule has 3 rings (SSSR count). The summed E-state index contributed by atoms with van der Waals surface area (Å²) in [5.74, 6) is 1.18. The van der Waals surface area contributed by atoms with Crippen LogP contribution in [0.3, 0.4) is 0 Å². The number of hydrogen-bond acceptors (Lipinski definition) is 5. The van der Waals surface area contributed by atoms with E-state index in [9.17, 15) is 4.79 Å². The Balaban J connectivity index is 1.76. The number of hydrogen-bond donors (Lipinski definition) is 0. The predicted octanol–water partition coefficient (Wildman–Crippen LogP) is 2.36. The zero-order chi connectivity index (χ0) is 15.5. The maximum Gasteiger partial charge on any atom is 0.291 e. The number of oxazole rings is 1. The molecule has 1 amide bonds. The Bertz CT molecular complexity index is 653. The van der Waals surface area contributed by atoms with E-state index >= 15 is 0 Å². The molecule has 1 atom stereocenters. The van der Waals surface area contributed by atoms with Crippen LogP contribution in [0.4, 0.5) is 0 Å². The lowest BCUT2D eigenvalue weighted by Crippen LogP contribution is -2.39. The van der Waals surface area contributed by atoms with Gasteiger partial charge >= 0.3 is 0 Å². The second-order valence-electron chi connectivity index (χ2n) is 5.60. The van der Waals surface area contributed by atoms with Gasteiger partial charge in [-0.15, -0.1) is 0 Å². The van der Waals surface area contributed by atoms with Crippen LogP contribution in [0.1, 0.15) is 53.5 Å². The van der Waals surface area contributed by atoms with E-state index in [1.165, 1.54) is 0 Å². The summed E-state index contributed by atoms with van der Waals surface area (Å²) in [4.78, 5) is 27.1. The maximum atomic E-state index is 12.7. The van der Waals surface area contributed by atoms with E-state index in [0.29, 0.717) is 30.3 Å². The molecule has 6 heteroatoms. The van der Waals surface area contributed by atoms with Crippen LogP contribution in [0, 0.1) is 6.92 Å². The van der Waals surface area contributed by atoms with Gasteiger partial charge in [-0.25, -0.2) is 15.0 Å². The largest absolute Gasteiger partial charge is 0.435 e. The van der Waals surface area contributed by atoms with Gasteiger partial charge in [0.15, 0.2) is 5.89 Å². The van der Waals surface area contributed by atoms with Crippen LogP contribution in [0.25, 0.3) is 0 Å². The van der Waals surface area contributed by atoms with E-state index in [2.05, 4.69) is 15.0 Å². The van der Waals surface area contributed by atoms with E-state index in [1.807, 2.05) is 24.8 Å². The molecule has 1 fully saturated rings. The third-order valence-corrected chi connectivity index (χ3v) is 4.07. The molecule has 1 saturated heterocycles. The van der Waals surface area contributed by atoms with Crippen LogP contribution in [0.2, 0.25) is 0 Å². The molecular formula is C16H20N4O2. The number of piperidine rings is 1. The molecule has 0 unspecified atom stereocenters. The molecule has 0 spiro atoms. The monoisotopic (exact) mass is 300 g/mol. The summed E-state index contributed by atoms with van der Waals surface area (Å²) >= 11 is 0. The van der Waals surface area contributed by atoms with Crippen LogP contribution < -0.4 is 0 Å². The first-order chi connectivity index (χ1) is 10.7. The van der Waals surface area contributed by atoms with E-state index in [0.717, 1.165) is 25.1 Å². The molecule has 0 saturated carbocycles. The number of aromatic nitrogens is 3. The molecular weight excluding hydrogens is 280 g/mol. The van der Waals surface area contributed by atoms with Gasteiger partial charge in [0.2, 0.25) is 5.76 Å². The zero-order valence-corrected chi connectivity index (χ0v) is 13.0. The predicted molar refractivity (Wildman–Crippen MR) is 80.5 cm³/mol. The summed E-state index contributed by atoms with van der Waals surface area (Å²) in [6.45, 7) is 5.20. The highest BCUT2D eigenvalue weighted by Gasteiger charge is 2.29. The number of aryl methyl sites for hydroxylation is 2. The van der Waals surface area contributed by atoms with Gasteiger partial charge in [0.05, 0.1) is 5.69 Å². The summed E-state index contributed by atoms with van der Waals surface area (Å²) in [5.41, 5.74) is 1.67. The number of likely N-dealkylation sites (tertiary alicyclic amines) is 1. The van der Waals surface area contributed by atoms with Gasteiger partial charge in [-0.3, -0.25) is 4.79 Å². The summed E-state index contributed by atoms with van der Waals surface area (Å²) in [5, 5.41) is 0. The summed E-state index contributed by atoms with van der Waals surface area (Å²) < 4.78 is 5.59. The molecule has 2 aromatic heterocycles. The average molecular weight is 300 g/mol. The van der Waals surface area contributed by atoms with Crippen molar-refractivity contribution in [3.63, 3.8) is 0 Å². The highest BCUT2D eigenvalue weighted by atomic mass is 16.4. The molecule has 0 aromatic carbocycles. The maximum absolute atomic E-state index is 12.7. The topological polar surface area (TPSA) is 72.1 Å². The minimum Gasteiger partial charge on any atom is -0.435 e. The molecule has 0 N–H and O–H groups in total. The molecule has 2 aromatic rings. The quantitative estimate of drug-likeness (QED) is 0.870. The second-order valence-corrected chi connectivity index (χ2v) is 5.60. The number of amides is 1. The lowest BCUT2D eigenvalue weighted by molar-refractivity contribution is 0.0671. The fourth-order valence-corrected chi connectivity index (χ4v) is 2.89. The lowest BCUT2D eigenvalue weighted by atomic mass is 9.94. The molecule has 22 heavy (non-hydrogen) atoms. The zero-order valence-electron chi connectivity index (χ0n) is 13.0. The van der Waals surface area contributed by atoms with Crippen molar-refractivity contribution in [1.29, 1.82) is 0 Å². The third kappa shape index (κ3) is 2.86. The number of carbonyl (C=O) groups is 1. The molecule has 6 nitrogen and oxygen atoms in total. The minimum absolute atomic E-state index is 0.0662. The van der Waals surface area contributed by atoms with Gasteiger partial charge in [-0.2, -0.15) is 0 Å². The molecule has 3 heterocycles. The third-order valence-electron chi connectivity index (χ3n) is 4.07. The van der Waals surface area contributed by atoms with Crippen molar-refractivity contribution in [1.82, 2.24) is 19.9 Å². The highest BCUT2D eigenvalue weighted by Crippen LogP contribution is 2.26. The van der Waals surface area contributed by atoms with Crippen LogP contribution in [-0.2, 0) is 6.42 Å². The van der Waals surface area contributed by atoms with Crippen molar-refractivity contribution in [2.45, 2.75) is 39.0 Å². The molecule has 0 aliphatic carbocycles. The van der Waals surface area contributed by atoms with Crippen LogP contribution in [-0.4, -0.2) is 38.8 Å². The Hall–Kier alpha value is -2.24. The first kappa shape index (κ1) is 14.7. The van der Waals surface area contributed by atoms with Crippen molar-refractivity contribution >= 4 is 5.91 Å². The summed E-state index contributed by atoms with van der Waals surface area (Å²) in [6, 6.07) is 1.92. The molecule has 116 valence electrons. The highest BCUT2D eigenvalue weighted by molar-refractivity contribution is 5.92. The average Bonchev–Trinajstić information content (AvgIpc) is 2.96. The molecule has 0 radical (unpaired) electrons. The fraction of sp³-hybridized carbons (Fsp3) is 0.500. The van der Waals surface area contributed by atoms with Gasteiger partial charge in [-0.05, 0) is 25.8 Å². The Labute approximate surface area is 129 Å². The Kier molecular flexibility index (Phi) is 4.18. The second kappa shape index (κ2) is 6.25. The Morgan fingerprint density at radius 3 is 3.05 bits per heavy atom. The lowest BCUT2D eigenvalue weighted by Gasteiger charge is -2.31. The van der Waals surface area contributed by atoms with Gasteiger partial charge in [0, 0.05) is 37.3 Å². The minimum atomic E-state index is -0.0662. The van der Waals surface area contributed by atoms with Crippen molar-refractivity contribution in [3.05, 3.63) is 41.6 Å². The SMILES string of the molecule is CCc1nc(C)c(C(=O)N2CCC[C@@H](c3ccncn3)C2)o1. The molecule has 1 aliphatic rings. The smallest absolute Gasteiger partial charge is 0.291 e. The van der Waals surface area contributed by atoms with E-state index in [4.69, 9.17) is 4.42 Å². The van der Waals surface area contributed by atoms with Gasteiger partial charge in [0.1, 0.15) is 6.33 Å². The van der Waals surface area contributed by atoms with Crippen molar-refractivity contribution < 1.29 is 9.21 Å².